The highest BCUT2D eigenvalue weighted by Gasteiger charge is 2.04. The van der Waals surface area contributed by atoms with Crippen molar-refractivity contribution in [2.75, 3.05) is 0 Å². The maximum atomic E-state index is 9.62. The lowest BCUT2D eigenvalue weighted by Gasteiger charge is -2.05. The molecule has 0 aliphatic rings. The van der Waals surface area contributed by atoms with Crippen LogP contribution >= 0.6 is 15.9 Å². The first-order valence-corrected chi connectivity index (χ1v) is 6.69. The number of aromatic hydroxyl groups is 1. The lowest BCUT2D eigenvalue weighted by atomic mass is 10.2. The van der Waals surface area contributed by atoms with Gasteiger partial charge in [-0.25, -0.2) is 0 Å². The Labute approximate surface area is 119 Å². The van der Waals surface area contributed by atoms with E-state index in [1.807, 2.05) is 30.3 Å². The summed E-state index contributed by atoms with van der Waals surface area (Å²) in [6, 6.07) is 15.1. The highest BCUT2D eigenvalue weighted by molar-refractivity contribution is 9.10. The van der Waals surface area contributed by atoms with Crippen LogP contribution in [-0.4, -0.2) is 10.1 Å². The monoisotopic (exact) mass is 317 g/mol. The van der Waals surface area contributed by atoms with Crippen molar-refractivity contribution in [3.05, 3.63) is 58.7 Å². The Bertz CT molecular complexity index is 721. The van der Waals surface area contributed by atoms with Gasteiger partial charge in [-0.1, -0.05) is 34.1 Å². The van der Waals surface area contributed by atoms with Crippen molar-refractivity contribution in [3.8, 4) is 11.5 Å². The van der Waals surface area contributed by atoms with Crippen molar-refractivity contribution < 1.29 is 9.84 Å². The molecule has 0 amide bonds. The van der Waals surface area contributed by atoms with E-state index in [0.29, 0.717) is 12.4 Å². The van der Waals surface area contributed by atoms with E-state index in [1.165, 1.54) is 0 Å². The molecular formula is C15H12BrNO2. The zero-order valence-corrected chi connectivity index (χ0v) is 11.6. The molecule has 3 aromatic rings. The van der Waals surface area contributed by atoms with Crippen LogP contribution in [0, 0.1) is 0 Å². The molecule has 2 N–H and O–H groups in total. The van der Waals surface area contributed by atoms with E-state index < -0.39 is 0 Å². The largest absolute Gasteiger partial charge is 0.504 e. The zero-order valence-electron chi connectivity index (χ0n) is 10.1. The number of aromatic nitrogens is 1. The first-order chi connectivity index (χ1) is 9.22. The van der Waals surface area contributed by atoms with Crippen LogP contribution in [0.5, 0.6) is 11.5 Å². The van der Waals surface area contributed by atoms with Crippen molar-refractivity contribution >= 4 is 26.8 Å². The summed E-state index contributed by atoms with van der Waals surface area (Å²) < 4.78 is 6.63. The Hall–Kier alpha value is -1.94. The van der Waals surface area contributed by atoms with E-state index in [4.69, 9.17) is 4.74 Å². The third-order valence-corrected chi connectivity index (χ3v) is 3.38. The number of para-hydroxylation sites is 2. The number of rotatable bonds is 3. The van der Waals surface area contributed by atoms with Crippen LogP contribution in [0.2, 0.25) is 0 Å². The van der Waals surface area contributed by atoms with E-state index in [9.17, 15) is 5.11 Å². The van der Waals surface area contributed by atoms with Crippen molar-refractivity contribution in [3.63, 3.8) is 0 Å². The topological polar surface area (TPSA) is 45.2 Å². The summed E-state index contributed by atoms with van der Waals surface area (Å²) in [5, 5.41) is 10.8. The number of H-pyrrole nitrogens is 1. The summed E-state index contributed by atoms with van der Waals surface area (Å²) in [5.74, 6) is 0.642. The average molecular weight is 318 g/mol. The molecule has 1 heterocycles. The van der Waals surface area contributed by atoms with Gasteiger partial charge in [-0.05, 0) is 35.7 Å². The van der Waals surface area contributed by atoms with Crippen molar-refractivity contribution in [1.29, 1.82) is 0 Å². The van der Waals surface area contributed by atoms with Crippen LogP contribution in [0.1, 0.15) is 5.69 Å². The zero-order chi connectivity index (χ0) is 13.2. The Kier molecular flexibility index (Phi) is 3.17. The van der Waals surface area contributed by atoms with E-state index in [2.05, 4.69) is 20.9 Å². The van der Waals surface area contributed by atoms with Gasteiger partial charge >= 0.3 is 0 Å². The summed E-state index contributed by atoms with van der Waals surface area (Å²) in [5.41, 5.74) is 2.03. The number of hydrogen-bond acceptors (Lipinski definition) is 2. The second-order valence-corrected chi connectivity index (χ2v) is 5.20. The molecule has 2 aromatic carbocycles. The molecule has 3 rings (SSSR count). The summed E-state index contributed by atoms with van der Waals surface area (Å²) in [6.45, 7) is 0.393. The molecular weight excluding hydrogens is 306 g/mol. The maximum absolute atomic E-state index is 9.62. The molecule has 4 heteroatoms. The predicted octanol–water partition coefficient (Wildman–Crippen LogP) is 4.22. The maximum Gasteiger partial charge on any atom is 0.161 e. The molecule has 0 aliphatic heterocycles. The van der Waals surface area contributed by atoms with Crippen LogP contribution in [-0.2, 0) is 6.61 Å². The minimum atomic E-state index is 0.154. The number of benzene rings is 2. The quantitative estimate of drug-likeness (QED) is 0.759. The number of phenols is 1. The second-order valence-electron chi connectivity index (χ2n) is 4.28. The van der Waals surface area contributed by atoms with Crippen LogP contribution in [0.15, 0.2) is 53.0 Å². The molecule has 3 nitrogen and oxygen atoms in total. The van der Waals surface area contributed by atoms with E-state index in [-0.39, 0.29) is 5.75 Å². The van der Waals surface area contributed by atoms with Gasteiger partial charge in [-0.15, -0.1) is 0 Å². The van der Waals surface area contributed by atoms with Gasteiger partial charge < -0.3 is 14.8 Å². The highest BCUT2D eigenvalue weighted by atomic mass is 79.9. The third-order valence-electron chi connectivity index (χ3n) is 2.89. The fourth-order valence-corrected chi connectivity index (χ4v) is 2.33. The minimum absolute atomic E-state index is 0.154. The smallest absolute Gasteiger partial charge is 0.161 e. The van der Waals surface area contributed by atoms with Crippen LogP contribution < -0.4 is 4.74 Å². The second kappa shape index (κ2) is 4.97. The molecule has 0 unspecified atom stereocenters. The number of hydrogen-bond donors (Lipinski definition) is 2. The standard InChI is InChI=1S/C15H12BrNO2/c16-11-6-5-10-7-12(17-13(10)8-11)9-19-15-4-2-1-3-14(15)18/h1-8,17-18H,9H2. The summed E-state index contributed by atoms with van der Waals surface area (Å²) >= 11 is 3.44. The minimum Gasteiger partial charge on any atom is -0.504 e. The van der Waals surface area contributed by atoms with Crippen LogP contribution in [0.4, 0.5) is 0 Å². The Morgan fingerprint density at radius 2 is 1.95 bits per heavy atom. The number of phenolic OH excluding ortho intramolecular Hbond substituents is 1. The van der Waals surface area contributed by atoms with E-state index >= 15 is 0 Å². The summed E-state index contributed by atoms with van der Waals surface area (Å²) in [6.07, 6.45) is 0. The summed E-state index contributed by atoms with van der Waals surface area (Å²) in [7, 11) is 0. The first-order valence-electron chi connectivity index (χ1n) is 5.90. The average Bonchev–Trinajstić information content (AvgIpc) is 2.79. The molecule has 0 aliphatic carbocycles. The molecule has 0 saturated heterocycles. The Balaban J connectivity index is 1.80. The van der Waals surface area contributed by atoms with Crippen molar-refractivity contribution in [2.24, 2.45) is 0 Å². The van der Waals surface area contributed by atoms with E-state index in [1.54, 1.807) is 18.2 Å². The predicted molar refractivity (Wildman–Crippen MR) is 78.4 cm³/mol. The van der Waals surface area contributed by atoms with Gasteiger partial charge in [-0.3, -0.25) is 0 Å². The number of ether oxygens (including phenoxy) is 1. The molecule has 96 valence electrons. The van der Waals surface area contributed by atoms with Crippen LogP contribution in [0.3, 0.4) is 0 Å². The van der Waals surface area contributed by atoms with Gasteiger partial charge in [-0.2, -0.15) is 0 Å². The lowest BCUT2D eigenvalue weighted by molar-refractivity contribution is 0.286. The number of nitrogens with one attached hydrogen (secondary N) is 1. The third kappa shape index (κ3) is 2.58. The van der Waals surface area contributed by atoms with Gasteiger partial charge in [0.2, 0.25) is 0 Å². The van der Waals surface area contributed by atoms with Gasteiger partial charge in [0.25, 0.3) is 0 Å². The first kappa shape index (κ1) is 12.1. The molecule has 0 atom stereocenters. The molecule has 0 spiro atoms. The van der Waals surface area contributed by atoms with Gasteiger partial charge in [0.1, 0.15) is 6.61 Å². The number of halogens is 1. The Morgan fingerprint density at radius 3 is 2.79 bits per heavy atom. The normalized spacial score (nSPS) is 10.8. The molecule has 19 heavy (non-hydrogen) atoms. The van der Waals surface area contributed by atoms with E-state index in [0.717, 1.165) is 21.1 Å². The van der Waals surface area contributed by atoms with Gasteiger partial charge in [0, 0.05) is 9.99 Å². The number of fused-ring (bicyclic) bond motifs is 1. The fraction of sp³-hybridized carbons (Fsp3) is 0.0667. The Morgan fingerprint density at radius 1 is 1.11 bits per heavy atom. The fourth-order valence-electron chi connectivity index (χ4n) is 1.97. The molecule has 1 aromatic heterocycles. The lowest BCUT2D eigenvalue weighted by Crippen LogP contribution is -1.95. The van der Waals surface area contributed by atoms with Gasteiger partial charge in [0.05, 0.1) is 5.69 Å². The molecule has 0 saturated carbocycles. The van der Waals surface area contributed by atoms with Crippen molar-refractivity contribution in [1.82, 2.24) is 4.98 Å². The molecule has 0 bridgehead atoms. The van der Waals surface area contributed by atoms with Crippen molar-refractivity contribution in [2.45, 2.75) is 6.61 Å². The highest BCUT2D eigenvalue weighted by Crippen LogP contribution is 2.26. The SMILES string of the molecule is Oc1ccccc1OCc1cc2ccc(Br)cc2[nH]1. The number of aromatic amines is 1. The molecule has 0 fully saturated rings. The molecule has 0 radical (unpaired) electrons. The van der Waals surface area contributed by atoms with Gasteiger partial charge in [0.15, 0.2) is 11.5 Å². The van der Waals surface area contributed by atoms with Crippen LogP contribution in [0.25, 0.3) is 10.9 Å². The summed E-state index contributed by atoms with van der Waals surface area (Å²) in [4.78, 5) is 3.29.